The number of hydrogen-bond donors (Lipinski definition) is 1. The summed E-state index contributed by atoms with van der Waals surface area (Å²) < 4.78 is 27.0. The highest BCUT2D eigenvalue weighted by Crippen LogP contribution is 2.21. The van der Waals surface area contributed by atoms with Crippen LogP contribution in [0.15, 0.2) is 40.9 Å². The molecule has 0 saturated carbocycles. The van der Waals surface area contributed by atoms with Gasteiger partial charge in [-0.05, 0) is 29.8 Å². The largest absolute Gasteiger partial charge is 0.348 e. The molecule has 0 spiro atoms. The lowest BCUT2D eigenvalue weighted by Crippen LogP contribution is -2.24. The van der Waals surface area contributed by atoms with Gasteiger partial charge in [0.25, 0.3) is 5.91 Å². The number of carbonyl (C=O) groups excluding carboxylic acids is 1. The average Bonchev–Trinajstić information content (AvgIpc) is 2.37. The number of rotatable bonds is 3. The minimum atomic E-state index is -0.899. The van der Waals surface area contributed by atoms with Crippen LogP contribution in [0.2, 0.25) is 5.02 Å². The van der Waals surface area contributed by atoms with Gasteiger partial charge in [0.2, 0.25) is 0 Å². The van der Waals surface area contributed by atoms with Crippen LogP contribution >= 0.6 is 27.5 Å². The van der Waals surface area contributed by atoms with Crippen molar-refractivity contribution in [3.63, 3.8) is 0 Å². The lowest BCUT2D eigenvalue weighted by molar-refractivity contribution is 0.0947. The summed E-state index contributed by atoms with van der Waals surface area (Å²) in [6.07, 6.45) is 0. The summed E-state index contributed by atoms with van der Waals surface area (Å²) in [4.78, 5) is 11.8. The van der Waals surface area contributed by atoms with Crippen LogP contribution in [-0.2, 0) is 6.54 Å². The molecule has 1 amide bonds. The number of nitrogens with one attached hydrogen (secondary N) is 1. The van der Waals surface area contributed by atoms with Crippen LogP contribution in [0, 0.1) is 11.6 Å². The van der Waals surface area contributed by atoms with Gasteiger partial charge in [-0.3, -0.25) is 4.79 Å². The summed E-state index contributed by atoms with van der Waals surface area (Å²) in [7, 11) is 0. The fourth-order valence-electron chi connectivity index (χ4n) is 1.61. The Bertz CT molecular complexity index is 664. The first kappa shape index (κ1) is 14.9. The van der Waals surface area contributed by atoms with Gasteiger partial charge in [0, 0.05) is 22.1 Å². The van der Waals surface area contributed by atoms with Gasteiger partial charge in [0.05, 0.1) is 5.56 Å². The Kier molecular flexibility index (Phi) is 4.73. The molecule has 0 aliphatic heterocycles. The molecule has 0 atom stereocenters. The maximum atomic E-state index is 13.4. The molecule has 0 fully saturated rings. The van der Waals surface area contributed by atoms with Crippen molar-refractivity contribution in [2.24, 2.45) is 0 Å². The van der Waals surface area contributed by atoms with E-state index in [-0.39, 0.29) is 12.1 Å². The topological polar surface area (TPSA) is 29.1 Å². The van der Waals surface area contributed by atoms with Crippen molar-refractivity contribution in [2.45, 2.75) is 6.54 Å². The maximum Gasteiger partial charge on any atom is 0.254 e. The fraction of sp³-hybridized carbons (Fsp3) is 0.0714. The Morgan fingerprint density at radius 1 is 1.20 bits per heavy atom. The van der Waals surface area contributed by atoms with E-state index in [9.17, 15) is 13.6 Å². The van der Waals surface area contributed by atoms with E-state index in [2.05, 4.69) is 21.2 Å². The summed E-state index contributed by atoms with van der Waals surface area (Å²) in [6, 6.07) is 8.02. The average molecular weight is 361 g/mol. The van der Waals surface area contributed by atoms with Gasteiger partial charge in [0.15, 0.2) is 0 Å². The van der Waals surface area contributed by atoms with Gasteiger partial charge < -0.3 is 5.32 Å². The van der Waals surface area contributed by atoms with Gasteiger partial charge in [-0.2, -0.15) is 0 Å². The second-order valence-electron chi connectivity index (χ2n) is 4.04. The second-order valence-corrected chi connectivity index (χ2v) is 5.37. The van der Waals surface area contributed by atoms with Crippen molar-refractivity contribution in [2.75, 3.05) is 0 Å². The predicted octanol–water partition coefficient (Wildman–Crippen LogP) is 4.31. The third-order valence-corrected chi connectivity index (χ3v) is 3.48. The van der Waals surface area contributed by atoms with E-state index in [4.69, 9.17) is 11.6 Å². The molecule has 104 valence electrons. The maximum absolute atomic E-state index is 13.4. The number of halogens is 4. The van der Waals surface area contributed by atoms with Crippen LogP contribution in [0.4, 0.5) is 8.78 Å². The van der Waals surface area contributed by atoms with Crippen LogP contribution in [0.3, 0.4) is 0 Å². The Labute approximate surface area is 127 Å². The van der Waals surface area contributed by atoms with Crippen LogP contribution in [0.25, 0.3) is 0 Å². The second kappa shape index (κ2) is 6.33. The normalized spacial score (nSPS) is 10.4. The fourth-order valence-corrected chi connectivity index (χ4v) is 2.35. The molecule has 2 aromatic rings. The highest BCUT2D eigenvalue weighted by molar-refractivity contribution is 9.10. The van der Waals surface area contributed by atoms with Gasteiger partial charge in [-0.15, -0.1) is 0 Å². The molecular weight excluding hydrogens is 352 g/mol. The van der Waals surface area contributed by atoms with Gasteiger partial charge in [-0.25, -0.2) is 8.78 Å². The first-order valence-electron chi connectivity index (χ1n) is 5.64. The van der Waals surface area contributed by atoms with Crippen LogP contribution < -0.4 is 5.32 Å². The van der Waals surface area contributed by atoms with E-state index in [0.29, 0.717) is 16.7 Å². The molecule has 0 heterocycles. The minimum Gasteiger partial charge on any atom is -0.348 e. The van der Waals surface area contributed by atoms with Crippen molar-refractivity contribution >= 4 is 33.4 Å². The molecule has 0 saturated heterocycles. The molecule has 0 bridgehead atoms. The SMILES string of the molecule is O=C(NCc1ccc(Br)cc1Cl)c1ccc(F)cc1F. The zero-order valence-corrected chi connectivity index (χ0v) is 12.4. The molecule has 0 radical (unpaired) electrons. The number of carbonyl (C=O) groups is 1. The summed E-state index contributed by atoms with van der Waals surface area (Å²) in [5.41, 5.74) is 0.491. The van der Waals surface area contributed by atoms with Crippen molar-refractivity contribution in [3.8, 4) is 0 Å². The molecule has 0 aliphatic carbocycles. The van der Waals surface area contributed by atoms with Gasteiger partial charge >= 0.3 is 0 Å². The van der Waals surface area contributed by atoms with Gasteiger partial charge in [0.1, 0.15) is 11.6 Å². The van der Waals surface area contributed by atoms with Crippen molar-refractivity contribution in [3.05, 3.63) is 68.7 Å². The third kappa shape index (κ3) is 3.55. The predicted molar refractivity (Wildman–Crippen MR) is 76.7 cm³/mol. The highest BCUT2D eigenvalue weighted by atomic mass is 79.9. The van der Waals surface area contributed by atoms with E-state index < -0.39 is 17.5 Å². The molecule has 2 rings (SSSR count). The van der Waals surface area contributed by atoms with Crippen molar-refractivity contribution in [1.29, 1.82) is 0 Å². The first-order chi connectivity index (χ1) is 9.47. The Morgan fingerprint density at radius 3 is 2.60 bits per heavy atom. The zero-order chi connectivity index (χ0) is 14.7. The van der Waals surface area contributed by atoms with E-state index in [1.807, 2.05) is 0 Å². The summed E-state index contributed by atoms with van der Waals surface area (Å²) >= 11 is 9.28. The summed E-state index contributed by atoms with van der Waals surface area (Å²) in [6.45, 7) is 0.155. The lowest BCUT2D eigenvalue weighted by atomic mass is 10.1. The molecule has 0 aliphatic rings. The summed E-state index contributed by atoms with van der Waals surface area (Å²) in [5, 5.41) is 3.02. The zero-order valence-electron chi connectivity index (χ0n) is 10.1. The molecule has 2 nitrogen and oxygen atoms in total. The quantitative estimate of drug-likeness (QED) is 0.868. The smallest absolute Gasteiger partial charge is 0.254 e. The third-order valence-electron chi connectivity index (χ3n) is 2.63. The molecule has 20 heavy (non-hydrogen) atoms. The molecule has 6 heteroatoms. The highest BCUT2D eigenvalue weighted by Gasteiger charge is 2.12. The number of amides is 1. The first-order valence-corrected chi connectivity index (χ1v) is 6.81. The Morgan fingerprint density at radius 2 is 1.95 bits per heavy atom. The van der Waals surface area contributed by atoms with E-state index in [1.165, 1.54) is 0 Å². The number of hydrogen-bond acceptors (Lipinski definition) is 1. The van der Waals surface area contributed by atoms with E-state index in [0.717, 1.165) is 16.6 Å². The Hall–Kier alpha value is -1.46. The summed E-state index contributed by atoms with van der Waals surface area (Å²) in [5.74, 6) is -2.25. The molecular formula is C14H9BrClF2NO. The van der Waals surface area contributed by atoms with Crippen LogP contribution in [0.1, 0.15) is 15.9 Å². The Balaban J connectivity index is 2.08. The molecule has 1 N–H and O–H groups in total. The standard InChI is InChI=1S/C14H9BrClF2NO/c15-9-2-1-8(12(16)5-9)7-19-14(20)11-4-3-10(17)6-13(11)18/h1-6H,7H2,(H,19,20). The molecule has 0 aromatic heterocycles. The monoisotopic (exact) mass is 359 g/mol. The van der Waals surface area contributed by atoms with Gasteiger partial charge in [-0.1, -0.05) is 33.6 Å². The lowest BCUT2D eigenvalue weighted by Gasteiger charge is -2.08. The van der Waals surface area contributed by atoms with E-state index >= 15 is 0 Å². The molecule has 2 aromatic carbocycles. The van der Waals surface area contributed by atoms with Crippen molar-refractivity contribution in [1.82, 2.24) is 5.32 Å². The van der Waals surface area contributed by atoms with Crippen molar-refractivity contribution < 1.29 is 13.6 Å². The van der Waals surface area contributed by atoms with Crippen LogP contribution in [0.5, 0.6) is 0 Å². The number of benzene rings is 2. The van der Waals surface area contributed by atoms with Crippen LogP contribution in [-0.4, -0.2) is 5.91 Å². The van der Waals surface area contributed by atoms with E-state index in [1.54, 1.807) is 18.2 Å². The minimum absolute atomic E-state index is 0.155. The molecule has 0 unspecified atom stereocenters.